The van der Waals surface area contributed by atoms with E-state index in [1.165, 1.54) is 77.0 Å². The Morgan fingerprint density at radius 1 is 0.763 bits per heavy atom. The van der Waals surface area contributed by atoms with Crippen molar-refractivity contribution in [1.82, 2.24) is 10.0 Å². The zero-order chi connectivity index (χ0) is 28.1. The zero-order valence-electron chi connectivity index (χ0n) is 23.3. The minimum absolute atomic E-state index is 0.252. The van der Waals surface area contributed by atoms with Crippen molar-refractivity contribution in [2.45, 2.75) is 127 Å². The smallest absolute Gasteiger partial charge is 0.252 e. The molecule has 9 heteroatoms. The van der Waals surface area contributed by atoms with Crippen LogP contribution in [0.15, 0.2) is 30.3 Å². The summed E-state index contributed by atoms with van der Waals surface area (Å²) in [4.78, 5) is 12.3. The maximum atomic E-state index is 13.0. The summed E-state index contributed by atoms with van der Waals surface area (Å²) in [5.74, 6) is -1.08. The Balaban J connectivity index is 2.24. The Morgan fingerprint density at radius 3 is 1.66 bits per heavy atom. The van der Waals surface area contributed by atoms with Crippen molar-refractivity contribution >= 4 is 15.9 Å². The SMILES string of the molecule is CCCCCCCCCCCCCCCCCCNS(=O)(=O)C(NC(=O)C(O)C(O)CO)c1ccccc1. The number of hydrogen-bond acceptors (Lipinski definition) is 6. The lowest BCUT2D eigenvalue weighted by molar-refractivity contribution is -0.137. The summed E-state index contributed by atoms with van der Waals surface area (Å²) in [6.45, 7) is 1.68. The van der Waals surface area contributed by atoms with E-state index in [9.17, 15) is 23.4 Å². The Kier molecular flexibility index (Phi) is 19.4. The molecule has 0 radical (unpaired) electrons. The van der Waals surface area contributed by atoms with Gasteiger partial charge in [0.2, 0.25) is 10.0 Å². The third-order valence-electron chi connectivity index (χ3n) is 6.84. The predicted molar refractivity (Wildman–Crippen MR) is 153 cm³/mol. The van der Waals surface area contributed by atoms with Crippen molar-refractivity contribution in [3.05, 3.63) is 35.9 Å². The standard InChI is InChI=1S/C29H52N2O6S/c1-2-3-4-5-6-7-8-9-10-11-12-13-14-15-16-20-23-30-38(36,37)29(25-21-18-17-19-22-25)31-28(35)27(34)26(33)24-32/h17-19,21-22,26-27,29-30,32-34H,2-16,20,23-24H2,1H3,(H,31,35). The lowest BCUT2D eigenvalue weighted by Crippen LogP contribution is -2.48. The number of carbonyl (C=O) groups excluding carboxylic acids is 1. The van der Waals surface area contributed by atoms with Crippen LogP contribution in [0.5, 0.6) is 0 Å². The molecule has 0 heterocycles. The summed E-state index contributed by atoms with van der Waals surface area (Å²) < 4.78 is 28.5. The first kappa shape index (κ1) is 34.5. The second-order valence-electron chi connectivity index (χ2n) is 10.2. The Bertz CT molecular complexity index is 822. The molecule has 0 spiro atoms. The highest BCUT2D eigenvalue weighted by molar-refractivity contribution is 7.89. The van der Waals surface area contributed by atoms with Crippen molar-refractivity contribution in [1.29, 1.82) is 0 Å². The molecule has 0 aliphatic heterocycles. The van der Waals surface area contributed by atoms with Crippen LogP contribution in [0, 0.1) is 0 Å². The van der Waals surface area contributed by atoms with E-state index in [1.54, 1.807) is 30.3 Å². The first-order valence-electron chi connectivity index (χ1n) is 14.6. The molecule has 0 saturated carbocycles. The van der Waals surface area contributed by atoms with E-state index in [0.717, 1.165) is 19.3 Å². The highest BCUT2D eigenvalue weighted by atomic mass is 32.2. The van der Waals surface area contributed by atoms with Crippen LogP contribution in [0.4, 0.5) is 0 Å². The number of amides is 1. The average molecular weight is 557 g/mol. The zero-order valence-corrected chi connectivity index (χ0v) is 24.1. The molecule has 0 aliphatic carbocycles. The summed E-state index contributed by atoms with van der Waals surface area (Å²) in [6.07, 6.45) is 16.2. The number of hydrogen-bond donors (Lipinski definition) is 5. The van der Waals surface area contributed by atoms with Gasteiger partial charge in [-0.1, -0.05) is 134 Å². The monoisotopic (exact) mass is 556 g/mol. The van der Waals surface area contributed by atoms with Crippen LogP contribution in [-0.4, -0.2) is 55.0 Å². The third-order valence-corrected chi connectivity index (χ3v) is 8.46. The fraction of sp³-hybridized carbons (Fsp3) is 0.759. The third kappa shape index (κ3) is 15.2. The molecule has 3 atom stereocenters. The molecule has 5 N–H and O–H groups in total. The van der Waals surface area contributed by atoms with E-state index in [0.29, 0.717) is 12.0 Å². The van der Waals surface area contributed by atoms with Gasteiger partial charge in [0, 0.05) is 6.54 Å². The number of carbonyl (C=O) groups is 1. The van der Waals surface area contributed by atoms with Gasteiger partial charge in [-0.3, -0.25) is 4.79 Å². The van der Waals surface area contributed by atoms with Crippen LogP contribution in [0.3, 0.4) is 0 Å². The van der Waals surface area contributed by atoms with Crippen molar-refractivity contribution in [3.63, 3.8) is 0 Å². The van der Waals surface area contributed by atoms with Gasteiger partial charge in [-0.2, -0.15) is 0 Å². The fourth-order valence-electron chi connectivity index (χ4n) is 4.43. The van der Waals surface area contributed by atoms with Gasteiger partial charge >= 0.3 is 0 Å². The molecular formula is C29H52N2O6S. The first-order chi connectivity index (χ1) is 18.3. The van der Waals surface area contributed by atoms with E-state index in [-0.39, 0.29) is 6.54 Å². The molecular weight excluding hydrogens is 504 g/mol. The number of aliphatic hydroxyl groups excluding tert-OH is 3. The fourth-order valence-corrected chi connectivity index (χ4v) is 5.81. The van der Waals surface area contributed by atoms with Crippen molar-refractivity contribution in [2.24, 2.45) is 0 Å². The van der Waals surface area contributed by atoms with Gasteiger partial charge in [-0.05, 0) is 12.0 Å². The summed E-state index contributed by atoms with van der Waals surface area (Å²) in [5.41, 5.74) is 0.325. The second-order valence-corrected chi connectivity index (χ2v) is 12.1. The molecule has 220 valence electrons. The summed E-state index contributed by atoms with van der Waals surface area (Å²) in [5, 5.41) is 29.2. The number of unbranched alkanes of at least 4 members (excludes halogenated alkanes) is 15. The minimum atomic E-state index is -3.99. The molecule has 1 aromatic carbocycles. The number of rotatable bonds is 24. The van der Waals surface area contributed by atoms with Crippen LogP contribution in [-0.2, 0) is 14.8 Å². The van der Waals surface area contributed by atoms with Crippen LogP contribution in [0.2, 0.25) is 0 Å². The van der Waals surface area contributed by atoms with Crippen LogP contribution < -0.4 is 10.0 Å². The van der Waals surface area contributed by atoms with Gasteiger partial charge in [-0.25, -0.2) is 13.1 Å². The average Bonchev–Trinajstić information content (AvgIpc) is 2.92. The Labute approximate surface area is 230 Å². The van der Waals surface area contributed by atoms with E-state index in [4.69, 9.17) is 5.11 Å². The van der Waals surface area contributed by atoms with Gasteiger partial charge in [0.15, 0.2) is 11.5 Å². The molecule has 38 heavy (non-hydrogen) atoms. The van der Waals surface area contributed by atoms with Gasteiger partial charge in [0.1, 0.15) is 6.10 Å². The quantitative estimate of drug-likeness (QED) is 0.117. The molecule has 1 aromatic rings. The number of nitrogens with one attached hydrogen (secondary N) is 2. The number of benzene rings is 1. The molecule has 0 bridgehead atoms. The summed E-state index contributed by atoms with van der Waals surface area (Å²) in [6, 6.07) is 8.15. The second kappa shape index (κ2) is 21.3. The maximum absolute atomic E-state index is 13.0. The Hall–Kier alpha value is -1.52. The normalized spacial score (nSPS) is 14.2. The van der Waals surface area contributed by atoms with Crippen molar-refractivity contribution in [3.8, 4) is 0 Å². The molecule has 0 saturated heterocycles. The highest BCUT2D eigenvalue weighted by Crippen LogP contribution is 2.19. The van der Waals surface area contributed by atoms with E-state index in [1.807, 2.05) is 0 Å². The van der Waals surface area contributed by atoms with Gasteiger partial charge in [0.25, 0.3) is 5.91 Å². The van der Waals surface area contributed by atoms with E-state index in [2.05, 4.69) is 17.0 Å². The lowest BCUT2D eigenvalue weighted by Gasteiger charge is -2.23. The van der Waals surface area contributed by atoms with Gasteiger partial charge in [-0.15, -0.1) is 0 Å². The molecule has 0 fully saturated rings. The number of sulfonamides is 1. The maximum Gasteiger partial charge on any atom is 0.252 e. The van der Waals surface area contributed by atoms with E-state index < -0.39 is 40.1 Å². The summed E-state index contributed by atoms with van der Waals surface area (Å²) in [7, 11) is -3.99. The van der Waals surface area contributed by atoms with Crippen molar-refractivity contribution in [2.75, 3.05) is 13.2 Å². The number of aliphatic hydroxyl groups is 3. The van der Waals surface area contributed by atoms with Crippen LogP contribution >= 0.6 is 0 Å². The van der Waals surface area contributed by atoms with Gasteiger partial charge < -0.3 is 20.6 Å². The summed E-state index contributed by atoms with van der Waals surface area (Å²) >= 11 is 0. The van der Waals surface area contributed by atoms with Crippen LogP contribution in [0.1, 0.15) is 121 Å². The lowest BCUT2D eigenvalue weighted by atomic mass is 10.0. The Morgan fingerprint density at radius 2 is 1.21 bits per heavy atom. The minimum Gasteiger partial charge on any atom is -0.394 e. The molecule has 3 unspecified atom stereocenters. The van der Waals surface area contributed by atoms with Gasteiger partial charge in [0.05, 0.1) is 6.61 Å². The van der Waals surface area contributed by atoms with Crippen molar-refractivity contribution < 1.29 is 28.5 Å². The molecule has 1 amide bonds. The van der Waals surface area contributed by atoms with E-state index >= 15 is 0 Å². The molecule has 0 aliphatic rings. The highest BCUT2D eigenvalue weighted by Gasteiger charge is 2.32. The predicted octanol–water partition coefficient (Wildman–Crippen LogP) is 4.70. The van der Waals surface area contributed by atoms with Crippen LogP contribution in [0.25, 0.3) is 0 Å². The molecule has 0 aromatic heterocycles. The molecule has 8 nitrogen and oxygen atoms in total. The topological polar surface area (TPSA) is 136 Å². The largest absolute Gasteiger partial charge is 0.394 e. The molecule has 1 rings (SSSR count). The first-order valence-corrected chi connectivity index (χ1v) is 16.2.